The molecule has 1 N–H and O–H groups in total. The van der Waals surface area contributed by atoms with E-state index in [0.717, 1.165) is 30.8 Å². The first kappa shape index (κ1) is 6.41. The van der Waals surface area contributed by atoms with Gasteiger partial charge in [-0.25, -0.2) is 0 Å². The van der Waals surface area contributed by atoms with Crippen molar-refractivity contribution in [2.45, 2.75) is 37.7 Å². The summed E-state index contributed by atoms with van der Waals surface area (Å²) in [5, 5.41) is 9.89. The van der Waals surface area contributed by atoms with Gasteiger partial charge in [0, 0.05) is 0 Å². The summed E-state index contributed by atoms with van der Waals surface area (Å²) in [4.78, 5) is 0. The van der Waals surface area contributed by atoms with Gasteiger partial charge in [0.1, 0.15) is 0 Å². The summed E-state index contributed by atoms with van der Waals surface area (Å²) in [7, 11) is 0. The van der Waals surface area contributed by atoms with Crippen LogP contribution in [-0.4, -0.2) is 10.7 Å². The van der Waals surface area contributed by atoms with E-state index >= 15 is 0 Å². The molecule has 10 heavy (non-hydrogen) atoms. The summed E-state index contributed by atoms with van der Waals surface area (Å²) in [5.41, 5.74) is 0.643. The normalized spacial score (nSPS) is 46.1. The molecular formula is C9H14O. The molecule has 1 nitrogen and oxygen atoms in total. The summed E-state index contributed by atoms with van der Waals surface area (Å²) >= 11 is 0. The number of aliphatic hydroxyl groups is 1. The number of hydrogen-bond acceptors (Lipinski definition) is 1. The van der Waals surface area contributed by atoms with Crippen molar-refractivity contribution in [3.05, 3.63) is 12.2 Å². The molecule has 0 spiro atoms. The maximum atomic E-state index is 9.89. The Morgan fingerprint density at radius 2 is 2.00 bits per heavy atom. The molecule has 3 rings (SSSR count). The summed E-state index contributed by atoms with van der Waals surface area (Å²) in [5.74, 6) is 0.849. The average molecular weight is 138 g/mol. The van der Waals surface area contributed by atoms with Crippen LogP contribution in [0.15, 0.2) is 12.2 Å². The third-order valence-electron chi connectivity index (χ3n) is 3.13. The first-order valence-corrected chi connectivity index (χ1v) is 4.11. The second-order valence-electron chi connectivity index (χ2n) is 3.78. The standard InChI is InChI=1S/C9H14O/c1-7-6-8-2-4-9(7,10)5-3-8/h8,10H,1-6H2. The highest BCUT2D eigenvalue weighted by molar-refractivity contribution is 5.19. The van der Waals surface area contributed by atoms with E-state index in [-0.39, 0.29) is 0 Å². The van der Waals surface area contributed by atoms with Crippen LogP contribution in [0.5, 0.6) is 0 Å². The van der Waals surface area contributed by atoms with Crippen LogP contribution >= 0.6 is 0 Å². The monoisotopic (exact) mass is 138 g/mol. The molecule has 0 aromatic carbocycles. The van der Waals surface area contributed by atoms with Crippen molar-refractivity contribution < 1.29 is 5.11 Å². The van der Waals surface area contributed by atoms with E-state index < -0.39 is 5.60 Å². The Labute approximate surface area is 61.8 Å². The number of rotatable bonds is 0. The molecule has 0 amide bonds. The smallest absolute Gasteiger partial charge is 0.0854 e. The summed E-state index contributed by atoms with van der Waals surface area (Å²) in [6.45, 7) is 3.92. The van der Waals surface area contributed by atoms with Gasteiger partial charge < -0.3 is 5.11 Å². The molecule has 3 fully saturated rings. The van der Waals surface area contributed by atoms with Gasteiger partial charge in [0.05, 0.1) is 5.60 Å². The molecule has 3 saturated carbocycles. The van der Waals surface area contributed by atoms with Gasteiger partial charge >= 0.3 is 0 Å². The maximum Gasteiger partial charge on any atom is 0.0854 e. The molecule has 0 radical (unpaired) electrons. The second-order valence-corrected chi connectivity index (χ2v) is 3.78. The van der Waals surface area contributed by atoms with Crippen LogP contribution in [0.1, 0.15) is 32.1 Å². The fourth-order valence-electron chi connectivity index (χ4n) is 2.25. The molecule has 3 aliphatic carbocycles. The zero-order valence-corrected chi connectivity index (χ0v) is 6.27. The van der Waals surface area contributed by atoms with Crippen LogP contribution < -0.4 is 0 Å². The van der Waals surface area contributed by atoms with Crippen LogP contribution in [-0.2, 0) is 0 Å². The van der Waals surface area contributed by atoms with Crippen molar-refractivity contribution in [3.63, 3.8) is 0 Å². The molecule has 0 aliphatic heterocycles. The fraction of sp³-hybridized carbons (Fsp3) is 0.778. The average Bonchev–Trinajstić information content (AvgIpc) is 1.92. The van der Waals surface area contributed by atoms with Crippen molar-refractivity contribution in [2.75, 3.05) is 0 Å². The van der Waals surface area contributed by atoms with Crippen molar-refractivity contribution in [1.82, 2.24) is 0 Å². The van der Waals surface area contributed by atoms with Crippen LogP contribution in [0.3, 0.4) is 0 Å². The van der Waals surface area contributed by atoms with Crippen LogP contribution in [0.25, 0.3) is 0 Å². The van der Waals surface area contributed by atoms with Crippen molar-refractivity contribution >= 4 is 0 Å². The Bertz CT molecular complexity index is 164. The van der Waals surface area contributed by atoms with Crippen molar-refractivity contribution in [2.24, 2.45) is 5.92 Å². The highest BCUT2D eigenvalue weighted by Gasteiger charge is 2.41. The lowest BCUT2D eigenvalue weighted by Gasteiger charge is -2.44. The third kappa shape index (κ3) is 0.734. The summed E-state index contributed by atoms with van der Waals surface area (Å²) in [6.07, 6.45) is 5.45. The molecule has 56 valence electrons. The highest BCUT2D eigenvalue weighted by Crippen LogP contribution is 2.46. The zero-order chi connectivity index (χ0) is 7.19. The molecule has 0 heterocycles. The summed E-state index contributed by atoms with van der Waals surface area (Å²) < 4.78 is 0. The van der Waals surface area contributed by atoms with E-state index in [4.69, 9.17) is 0 Å². The summed E-state index contributed by atoms with van der Waals surface area (Å²) in [6, 6.07) is 0. The molecule has 0 saturated heterocycles. The lowest BCUT2D eigenvalue weighted by Crippen LogP contribution is -2.41. The Balaban J connectivity index is 2.25. The molecule has 0 aromatic rings. The quantitative estimate of drug-likeness (QED) is 0.507. The van der Waals surface area contributed by atoms with Crippen molar-refractivity contribution in [3.8, 4) is 0 Å². The SMILES string of the molecule is C=C1CC2CCC1(O)CC2. The Kier molecular flexibility index (Phi) is 1.19. The lowest BCUT2D eigenvalue weighted by molar-refractivity contribution is -0.00560. The van der Waals surface area contributed by atoms with E-state index in [1.807, 2.05) is 0 Å². The fourth-order valence-corrected chi connectivity index (χ4v) is 2.25. The second kappa shape index (κ2) is 1.85. The Morgan fingerprint density at radius 1 is 1.40 bits per heavy atom. The molecule has 2 bridgehead atoms. The first-order valence-electron chi connectivity index (χ1n) is 4.11. The molecule has 0 atom stereocenters. The van der Waals surface area contributed by atoms with E-state index in [2.05, 4.69) is 6.58 Å². The van der Waals surface area contributed by atoms with Crippen LogP contribution in [0, 0.1) is 5.92 Å². The van der Waals surface area contributed by atoms with Crippen molar-refractivity contribution in [1.29, 1.82) is 0 Å². The van der Waals surface area contributed by atoms with Gasteiger partial charge in [-0.2, -0.15) is 0 Å². The molecule has 0 unspecified atom stereocenters. The first-order chi connectivity index (χ1) is 4.71. The minimum Gasteiger partial charge on any atom is -0.386 e. The van der Waals surface area contributed by atoms with Gasteiger partial charge in [-0.05, 0) is 43.6 Å². The number of fused-ring (bicyclic) bond motifs is 3. The van der Waals surface area contributed by atoms with Gasteiger partial charge in [-0.1, -0.05) is 6.58 Å². The van der Waals surface area contributed by atoms with E-state index in [9.17, 15) is 5.11 Å². The van der Waals surface area contributed by atoms with Crippen LogP contribution in [0.4, 0.5) is 0 Å². The molecule has 0 aromatic heterocycles. The highest BCUT2D eigenvalue weighted by atomic mass is 16.3. The third-order valence-corrected chi connectivity index (χ3v) is 3.13. The zero-order valence-electron chi connectivity index (χ0n) is 6.27. The van der Waals surface area contributed by atoms with Gasteiger partial charge in [0.2, 0.25) is 0 Å². The van der Waals surface area contributed by atoms with Gasteiger partial charge in [-0.3, -0.25) is 0 Å². The van der Waals surface area contributed by atoms with E-state index in [0.29, 0.717) is 0 Å². The maximum absolute atomic E-state index is 9.89. The predicted molar refractivity (Wildman–Crippen MR) is 40.7 cm³/mol. The van der Waals surface area contributed by atoms with E-state index in [1.165, 1.54) is 12.8 Å². The van der Waals surface area contributed by atoms with E-state index in [1.54, 1.807) is 0 Å². The Morgan fingerprint density at radius 3 is 2.30 bits per heavy atom. The van der Waals surface area contributed by atoms with Gasteiger partial charge in [0.25, 0.3) is 0 Å². The minimum atomic E-state index is -0.450. The molecular weight excluding hydrogens is 124 g/mol. The Hall–Kier alpha value is -0.300. The van der Waals surface area contributed by atoms with Gasteiger partial charge in [0.15, 0.2) is 0 Å². The lowest BCUT2D eigenvalue weighted by atomic mass is 9.65. The van der Waals surface area contributed by atoms with Gasteiger partial charge in [-0.15, -0.1) is 0 Å². The molecule has 3 aliphatic rings. The number of hydrogen-bond donors (Lipinski definition) is 1. The predicted octanol–water partition coefficient (Wildman–Crippen LogP) is 1.87. The molecule has 1 heteroatoms. The topological polar surface area (TPSA) is 20.2 Å². The van der Waals surface area contributed by atoms with Crippen LogP contribution in [0.2, 0.25) is 0 Å². The largest absolute Gasteiger partial charge is 0.386 e. The minimum absolute atomic E-state index is 0.450.